The minimum Gasteiger partial charge on any atom is -0.281 e. The molecule has 0 bridgehead atoms. The largest absolute Gasteiger partial charge is 0.400 e. The molecule has 0 aliphatic rings. The Morgan fingerprint density at radius 3 is 1.71 bits per heavy atom. The molecular formula is C5F6INO. The number of carbonyl (C=O) groups excluding carboxylic acids is 1. The highest BCUT2D eigenvalue weighted by molar-refractivity contribution is 14.1. The standard InChI is InChI=1S/C5F6INO/c6-3(7,1-13)5(10,11)4(8,9)2(12)14. The normalized spacial score (nSPS) is 13.6. The number of hydrogen-bond donors (Lipinski definition) is 0. The first kappa shape index (κ1) is 13.5. The van der Waals surface area contributed by atoms with Crippen molar-refractivity contribution in [2.45, 2.75) is 17.8 Å². The fourth-order valence-electron chi connectivity index (χ4n) is 0.391. The molecule has 0 saturated carbocycles. The van der Waals surface area contributed by atoms with E-state index in [9.17, 15) is 31.1 Å². The minimum absolute atomic E-state index is 0.255. The molecule has 0 aliphatic carbocycles. The summed E-state index contributed by atoms with van der Waals surface area (Å²) in [6.45, 7) is 0. The zero-order valence-electron chi connectivity index (χ0n) is 6.00. The summed E-state index contributed by atoms with van der Waals surface area (Å²) in [4.78, 5) is 9.99. The van der Waals surface area contributed by atoms with Crippen LogP contribution in [-0.4, -0.2) is 21.6 Å². The van der Waals surface area contributed by atoms with E-state index in [1.165, 1.54) is 0 Å². The van der Waals surface area contributed by atoms with E-state index < -0.39 is 21.6 Å². The predicted octanol–water partition coefficient (Wildman–Crippen LogP) is 2.38. The van der Waals surface area contributed by atoms with Crippen LogP contribution in [0.4, 0.5) is 26.3 Å². The molecule has 0 aromatic heterocycles. The van der Waals surface area contributed by atoms with Gasteiger partial charge in [-0.2, -0.15) is 31.6 Å². The lowest BCUT2D eigenvalue weighted by atomic mass is 10.1. The number of rotatable bonds is 3. The van der Waals surface area contributed by atoms with Crippen LogP contribution in [0, 0.1) is 11.3 Å². The van der Waals surface area contributed by atoms with Gasteiger partial charge in [-0.1, -0.05) is 0 Å². The number of nitrogens with zero attached hydrogens (tertiary/aromatic N) is 1. The summed E-state index contributed by atoms with van der Waals surface area (Å²) in [6.07, 6.45) is 0. The van der Waals surface area contributed by atoms with Crippen molar-refractivity contribution in [3.8, 4) is 6.07 Å². The van der Waals surface area contributed by atoms with Crippen molar-refractivity contribution < 1.29 is 31.1 Å². The fraction of sp³-hybridized carbons (Fsp3) is 0.600. The van der Waals surface area contributed by atoms with Crippen molar-refractivity contribution in [2.75, 3.05) is 0 Å². The zero-order chi connectivity index (χ0) is 11.8. The molecule has 14 heavy (non-hydrogen) atoms. The third-order valence-electron chi connectivity index (χ3n) is 1.18. The van der Waals surface area contributed by atoms with Gasteiger partial charge in [-0.3, -0.25) is 4.79 Å². The summed E-state index contributed by atoms with van der Waals surface area (Å²) in [5, 5.41) is 7.55. The Morgan fingerprint density at radius 2 is 1.50 bits per heavy atom. The van der Waals surface area contributed by atoms with Crippen LogP contribution in [0.15, 0.2) is 0 Å². The summed E-state index contributed by atoms with van der Waals surface area (Å²) in [6, 6.07) is -0.276. The third kappa shape index (κ3) is 1.79. The number of nitriles is 1. The van der Waals surface area contributed by atoms with E-state index in [0.717, 1.165) is 0 Å². The lowest BCUT2D eigenvalue weighted by molar-refractivity contribution is -0.273. The third-order valence-corrected chi connectivity index (χ3v) is 1.85. The highest BCUT2D eigenvalue weighted by Crippen LogP contribution is 2.46. The van der Waals surface area contributed by atoms with E-state index in [0.29, 0.717) is 0 Å². The van der Waals surface area contributed by atoms with Crippen molar-refractivity contribution in [1.82, 2.24) is 0 Å². The Labute approximate surface area is 87.0 Å². The first-order valence-corrected chi connectivity index (χ1v) is 3.83. The molecule has 0 aromatic carbocycles. The van der Waals surface area contributed by atoms with Gasteiger partial charge in [0.1, 0.15) is 6.07 Å². The maximum Gasteiger partial charge on any atom is 0.400 e. The Bertz CT molecular complexity index is 295. The molecule has 0 unspecified atom stereocenters. The smallest absolute Gasteiger partial charge is 0.281 e. The van der Waals surface area contributed by atoms with Crippen LogP contribution in [0.1, 0.15) is 0 Å². The van der Waals surface area contributed by atoms with Gasteiger partial charge in [-0.05, 0) is 0 Å². The molecular weight excluding hydrogens is 331 g/mol. The van der Waals surface area contributed by atoms with Crippen LogP contribution < -0.4 is 0 Å². The molecule has 0 N–H and O–H groups in total. The topological polar surface area (TPSA) is 40.9 Å². The Morgan fingerprint density at radius 1 is 1.14 bits per heavy atom. The van der Waals surface area contributed by atoms with E-state index >= 15 is 0 Å². The molecule has 80 valence electrons. The van der Waals surface area contributed by atoms with Crippen molar-refractivity contribution in [1.29, 1.82) is 5.26 Å². The molecule has 0 aromatic rings. The van der Waals surface area contributed by atoms with E-state index in [-0.39, 0.29) is 28.7 Å². The average molecular weight is 331 g/mol. The lowest BCUT2D eigenvalue weighted by Gasteiger charge is -2.26. The number of carbonyl (C=O) groups is 1. The molecule has 0 radical (unpaired) electrons. The van der Waals surface area contributed by atoms with Crippen molar-refractivity contribution in [2.24, 2.45) is 0 Å². The van der Waals surface area contributed by atoms with Gasteiger partial charge in [0.2, 0.25) is 0 Å². The summed E-state index contributed by atoms with van der Waals surface area (Å²) >= 11 is 0.255. The molecule has 0 fully saturated rings. The Hall–Kier alpha value is -0.530. The van der Waals surface area contributed by atoms with Gasteiger partial charge in [0.05, 0.1) is 0 Å². The van der Waals surface area contributed by atoms with Gasteiger partial charge >= 0.3 is 17.8 Å². The van der Waals surface area contributed by atoms with Gasteiger partial charge in [0.25, 0.3) is 3.79 Å². The van der Waals surface area contributed by atoms with Gasteiger partial charge in [0, 0.05) is 22.6 Å². The molecule has 0 amide bonds. The molecule has 0 spiro atoms. The molecule has 0 atom stereocenters. The first-order valence-electron chi connectivity index (χ1n) is 2.75. The lowest BCUT2D eigenvalue weighted by Crippen LogP contribution is -2.56. The minimum atomic E-state index is -6.02. The SMILES string of the molecule is N#CC(F)(F)C(F)(F)C(F)(F)C(=O)I. The predicted molar refractivity (Wildman–Crippen MR) is 39.5 cm³/mol. The van der Waals surface area contributed by atoms with Gasteiger partial charge in [-0.25, -0.2) is 0 Å². The van der Waals surface area contributed by atoms with E-state index in [1.54, 1.807) is 0 Å². The highest BCUT2D eigenvalue weighted by Gasteiger charge is 2.75. The maximum absolute atomic E-state index is 12.3. The second-order valence-corrected chi connectivity index (χ2v) is 3.09. The van der Waals surface area contributed by atoms with Gasteiger partial charge in [-0.15, -0.1) is 0 Å². The van der Waals surface area contributed by atoms with Gasteiger partial charge in [0.15, 0.2) is 0 Å². The van der Waals surface area contributed by atoms with Crippen molar-refractivity contribution in [3.05, 3.63) is 0 Å². The molecule has 0 saturated heterocycles. The van der Waals surface area contributed by atoms with Crippen LogP contribution >= 0.6 is 22.6 Å². The number of halogens is 7. The van der Waals surface area contributed by atoms with Crippen LogP contribution in [0.3, 0.4) is 0 Å². The molecule has 0 heterocycles. The quantitative estimate of drug-likeness (QED) is 0.453. The van der Waals surface area contributed by atoms with Crippen LogP contribution in [-0.2, 0) is 4.79 Å². The molecule has 2 nitrogen and oxygen atoms in total. The maximum atomic E-state index is 12.3. The zero-order valence-corrected chi connectivity index (χ0v) is 8.16. The van der Waals surface area contributed by atoms with Gasteiger partial charge < -0.3 is 0 Å². The Kier molecular flexibility index (Phi) is 3.42. The van der Waals surface area contributed by atoms with Crippen LogP contribution in [0.5, 0.6) is 0 Å². The first-order chi connectivity index (χ1) is 6.00. The molecule has 9 heteroatoms. The fourth-order valence-corrected chi connectivity index (χ4v) is 0.730. The van der Waals surface area contributed by atoms with E-state index in [2.05, 4.69) is 0 Å². The van der Waals surface area contributed by atoms with Crippen molar-refractivity contribution in [3.63, 3.8) is 0 Å². The number of alkyl halides is 6. The second kappa shape index (κ2) is 3.56. The summed E-state index contributed by atoms with van der Waals surface area (Å²) < 4.78 is 70.7. The van der Waals surface area contributed by atoms with Crippen molar-refractivity contribution >= 4 is 26.4 Å². The average Bonchev–Trinajstić information content (AvgIpc) is 2.03. The van der Waals surface area contributed by atoms with E-state index in [4.69, 9.17) is 5.26 Å². The highest BCUT2D eigenvalue weighted by atomic mass is 127. The monoisotopic (exact) mass is 331 g/mol. The molecule has 0 aliphatic heterocycles. The summed E-state index contributed by atoms with van der Waals surface area (Å²) in [5.41, 5.74) is 0. The van der Waals surface area contributed by atoms with Crippen LogP contribution in [0.2, 0.25) is 0 Å². The Balaban J connectivity index is 5.38. The summed E-state index contributed by atoms with van der Waals surface area (Å²) in [7, 11) is 0. The summed E-state index contributed by atoms with van der Waals surface area (Å²) in [5.74, 6) is -17.2. The number of hydrogen-bond acceptors (Lipinski definition) is 2. The van der Waals surface area contributed by atoms with Crippen LogP contribution in [0.25, 0.3) is 0 Å². The van der Waals surface area contributed by atoms with E-state index in [1.807, 2.05) is 0 Å². The molecule has 0 rings (SSSR count). The second-order valence-electron chi connectivity index (χ2n) is 2.11.